The molecular formula is C6H10O2. The van der Waals surface area contributed by atoms with Crippen molar-refractivity contribution in [3.63, 3.8) is 0 Å². The third-order valence-corrected chi connectivity index (χ3v) is 0.972. The van der Waals surface area contributed by atoms with E-state index in [1.807, 2.05) is 6.92 Å². The smallest absolute Gasteiger partial charge is 0.130 e. The summed E-state index contributed by atoms with van der Waals surface area (Å²) in [4.78, 5) is 19.8. The SMILES string of the molecule is CCCC(C=O)C=O. The summed E-state index contributed by atoms with van der Waals surface area (Å²) in [5, 5.41) is 0. The van der Waals surface area contributed by atoms with Gasteiger partial charge in [-0.15, -0.1) is 0 Å². The first-order valence-electron chi connectivity index (χ1n) is 2.75. The highest BCUT2D eigenvalue weighted by atomic mass is 16.1. The fraction of sp³-hybridized carbons (Fsp3) is 0.667. The van der Waals surface area contributed by atoms with Crippen molar-refractivity contribution in [3.05, 3.63) is 0 Å². The van der Waals surface area contributed by atoms with Crippen LogP contribution in [-0.2, 0) is 9.59 Å². The second-order valence-electron chi connectivity index (χ2n) is 1.72. The van der Waals surface area contributed by atoms with E-state index in [-0.39, 0.29) is 5.92 Å². The summed E-state index contributed by atoms with van der Waals surface area (Å²) in [5.41, 5.74) is 0. The van der Waals surface area contributed by atoms with E-state index in [0.717, 1.165) is 6.42 Å². The minimum Gasteiger partial charge on any atom is -0.303 e. The summed E-state index contributed by atoms with van der Waals surface area (Å²) in [6.45, 7) is 1.94. The van der Waals surface area contributed by atoms with Crippen LogP contribution in [0.3, 0.4) is 0 Å². The van der Waals surface area contributed by atoms with Crippen molar-refractivity contribution in [1.29, 1.82) is 0 Å². The second kappa shape index (κ2) is 4.50. The molecule has 0 aromatic heterocycles. The van der Waals surface area contributed by atoms with Crippen LogP contribution in [-0.4, -0.2) is 12.6 Å². The van der Waals surface area contributed by atoms with E-state index >= 15 is 0 Å². The van der Waals surface area contributed by atoms with E-state index in [9.17, 15) is 9.59 Å². The molecule has 0 aliphatic rings. The summed E-state index contributed by atoms with van der Waals surface area (Å²) in [7, 11) is 0. The zero-order valence-electron chi connectivity index (χ0n) is 4.96. The number of hydrogen-bond donors (Lipinski definition) is 0. The summed E-state index contributed by atoms with van der Waals surface area (Å²) in [6, 6.07) is 0. The largest absolute Gasteiger partial charge is 0.303 e. The Kier molecular flexibility index (Phi) is 4.13. The van der Waals surface area contributed by atoms with Crippen LogP contribution >= 0.6 is 0 Å². The average molecular weight is 114 g/mol. The molecule has 0 rings (SSSR count). The van der Waals surface area contributed by atoms with Gasteiger partial charge in [-0.2, -0.15) is 0 Å². The van der Waals surface area contributed by atoms with Gasteiger partial charge in [-0.3, -0.25) is 0 Å². The minimum absolute atomic E-state index is 0.361. The standard InChI is InChI=1S/C6H10O2/c1-2-3-6(4-7)5-8/h4-6H,2-3H2,1H3. The van der Waals surface area contributed by atoms with Gasteiger partial charge in [0.05, 0.1) is 5.92 Å². The van der Waals surface area contributed by atoms with Gasteiger partial charge in [0, 0.05) is 0 Å². The van der Waals surface area contributed by atoms with Gasteiger partial charge in [0.1, 0.15) is 12.6 Å². The quantitative estimate of drug-likeness (QED) is 0.400. The molecule has 0 saturated carbocycles. The summed E-state index contributed by atoms with van der Waals surface area (Å²) in [6.07, 6.45) is 2.96. The van der Waals surface area contributed by atoms with Crippen molar-refractivity contribution < 1.29 is 9.59 Å². The van der Waals surface area contributed by atoms with Crippen LogP contribution in [0.2, 0.25) is 0 Å². The highest BCUT2D eigenvalue weighted by Gasteiger charge is 2.00. The first-order chi connectivity index (χ1) is 3.85. The van der Waals surface area contributed by atoms with E-state index in [1.165, 1.54) is 0 Å². The lowest BCUT2D eigenvalue weighted by Crippen LogP contribution is -2.01. The van der Waals surface area contributed by atoms with Crippen molar-refractivity contribution in [1.82, 2.24) is 0 Å². The lowest BCUT2D eigenvalue weighted by Gasteiger charge is -1.93. The van der Waals surface area contributed by atoms with Gasteiger partial charge in [0.2, 0.25) is 0 Å². The molecule has 0 aromatic carbocycles. The summed E-state index contributed by atoms with van der Waals surface area (Å²) < 4.78 is 0. The molecule has 0 atom stereocenters. The van der Waals surface area contributed by atoms with Gasteiger partial charge < -0.3 is 9.59 Å². The molecule has 0 N–H and O–H groups in total. The molecule has 0 radical (unpaired) electrons. The Morgan fingerprint density at radius 2 is 1.88 bits per heavy atom. The maximum absolute atomic E-state index is 9.89. The fourth-order valence-corrected chi connectivity index (χ4v) is 0.501. The van der Waals surface area contributed by atoms with Crippen LogP contribution in [0.1, 0.15) is 19.8 Å². The van der Waals surface area contributed by atoms with Crippen LogP contribution in [0.25, 0.3) is 0 Å². The van der Waals surface area contributed by atoms with Crippen LogP contribution in [0.15, 0.2) is 0 Å². The first kappa shape index (κ1) is 7.34. The maximum atomic E-state index is 9.89. The second-order valence-corrected chi connectivity index (χ2v) is 1.72. The molecule has 0 spiro atoms. The Bertz CT molecular complexity index is 70.6. The maximum Gasteiger partial charge on any atom is 0.130 e. The lowest BCUT2D eigenvalue weighted by atomic mass is 10.1. The molecule has 46 valence electrons. The molecule has 0 saturated heterocycles. The van der Waals surface area contributed by atoms with Crippen molar-refractivity contribution in [2.45, 2.75) is 19.8 Å². The molecule has 2 heteroatoms. The van der Waals surface area contributed by atoms with E-state index in [2.05, 4.69) is 0 Å². The number of carbonyl (C=O) groups excluding carboxylic acids is 2. The van der Waals surface area contributed by atoms with Crippen molar-refractivity contribution in [3.8, 4) is 0 Å². The molecule has 0 aliphatic carbocycles. The number of hydrogen-bond acceptors (Lipinski definition) is 2. The van der Waals surface area contributed by atoms with E-state index in [1.54, 1.807) is 0 Å². The first-order valence-corrected chi connectivity index (χ1v) is 2.75. The highest BCUT2D eigenvalue weighted by molar-refractivity contribution is 5.76. The molecule has 0 fully saturated rings. The molecule has 0 unspecified atom stereocenters. The Labute approximate surface area is 48.9 Å². The molecule has 0 heterocycles. The molecule has 2 nitrogen and oxygen atoms in total. The van der Waals surface area contributed by atoms with E-state index < -0.39 is 0 Å². The summed E-state index contributed by atoms with van der Waals surface area (Å²) >= 11 is 0. The van der Waals surface area contributed by atoms with Crippen LogP contribution in [0.4, 0.5) is 0 Å². The van der Waals surface area contributed by atoms with Gasteiger partial charge in [0.25, 0.3) is 0 Å². The van der Waals surface area contributed by atoms with Crippen molar-refractivity contribution in [2.75, 3.05) is 0 Å². The highest BCUT2D eigenvalue weighted by Crippen LogP contribution is 1.97. The Morgan fingerprint density at radius 3 is 2.00 bits per heavy atom. The lowest BCUT2D eigenvalue weighted by molar-refractivity contribution is -0.119. The van der Waals surface area contributed by atoms with E-state index in [0.29, 0.717) is 19.0 Å². The van der Waals surface area contributed by atoms with E-state index in [4.69, 9.17) is 0 Å². The van der Waals surface area contributed by atoms with Gasteiger partial charge in [-0.1, -0.05) is 13.3 Å². The van der Waals surface area contributed by atoms with Crippen LogP contribution < -0.4 is 0 Å². The predicted octanol–water partition coefficient (Wildman–Crippen LogP) is 0.800. The molecular weight excluding hydrogens is 104 g/mol. The Morgan fingerprint density at radius 1 is 1.38 bits per heavy atom. The topological polar surface area (TPSA) is 34.1 Å². The van der Waals surface area contributed by atoms with Gasteiger partial charge in [-0.05, 0) is 6.42 Å². The van der Waals surface area contributed by atoms with Crippen molar-refractivity contribution in [2.24, 2.45) is 5.92 Å². The monoisotopic (exact) mass is 114 g/mol. The van der Waals surface area contributed by atoms with Gasteiger partial charge in [0.15, 0.2) is 0 Å². The van der Waals surface area contributed by atoms with Gasteiger partial charge >= 0.3 is 0 Å². The third-order valence-electron chi connectivity index (χ3n) is 0.972. The number of carbonyl (C=O) groups is 2. The fourth-order valence-electron chi connectivity index (χ4n) is 0.501. The normalized spacial score (nSPS) is 9.25. The van der Waals surface area contributed by atoms with Crippen LogP contribution in [0, 0.1) is 5.92 Å². The molecule has 0 aromatic rings. The number of aldehydes is 2. The number of rotatable bonds is 4. The predicted molar refractivity (Wildman–Crippen MR) is 30.5 cm³/mol. The van der Waals surface area contributed by atoms with Crippen molar-refractivity contribution >= 4 is 12.6 Å². The minimum atomic E-state index is -0.361. The Balaban J connectivity index is 3.35. The zero-order valence-corrected chi connectivity index (χ0v) is 4.96. The summed E-state index contributed by atoms with van der Waals surface area (Å²) in [5.74, 6) is -0.361. The molecule has 0 amide bonds. The molecule has 0 bridgehead atoms. The third kappa shape index (κ3) is 2.50. The van der Waals surface area contributed by atoms with Gasteiger partial charge in [-0.25, -0.2) is 0 Å². The zero-order chi connectivity index (χ0) is 6.41. The average Bonchev–Trinajstić information content (AvgIpc) is 1.83. The van der Waals surface area contributed by atoms with Crippen LogP contribution in [0.5, 0.6) is 0 Å². The Hall–Kier alpha value is -0.660. The molecule has 0 aliphatic heterocycles. The molecule has 8 heavy (non-hydrogen) atoms.